The largest absolute Gasteiger partial charge is 0.489 e. The van der Waals surface area contributed by atoms with E-state index in [0.29, 0.717) is 12.2 Å². The molecular weight excluding hydrogens is 350 g/mol. The van der Waals surface area contributed by atoms with E-state index in [1.54, 1.807) is 12.1 Å². The molecule has 1 aromatic heterocycles. The minimum atomic E-state index is 0.175. The molecule has 1 aliphatic rings. The number of anilines is 1. The van der Waals surface area contributed by atoms with E-state index in [0.717, 1.165) is 53.0 Å². The maximum atomic E-state index is 9.70. The number of ether oxygens (including phenoxy) is 1. The lowest BCUT2D eigenvalue weighted by atomic mass is 10.1. The summed E-state index contributed by atoms with van der Waals surface area (Å²) in [5.74, 6) is 0.765. The molecule has 5 nitrogen and oxygen atoms in total. The van der Waals surface area contributed by atoms with Crippen LogP contribution < -0.4 is 9.64 Å². The van der Waals surface area contributed by atoms with Gasteiger partial charge in [0.15, 0.2) is 0 Å². The van der Waals surface area contributed by atoms with Crippen molar-refractivity contribution < 1.29 is 9.84 Å². The van der Waals surface area contributed by atoms with Gasteiger partial charge in [-0.1, -0.05) is 12.1 Å². The summed E-state index contributed by atoms with van der Waals surface area (Å²) < 4.78 is 5.94. The minimum Gasteiger partial charge on any atom is -0.489 e. The van der Waals surface area contributed by atoms with Crippen LogP contribution in [0.3, 0.4) is 0 Å². The highest BCUT2D eigenvalue weighted by Gasteiger charge is 2.25. The highest BCUT2D eigenvalue weighted by Crippen LogP contribution is 2.34. The van der Waals surface area contributed by atoms with Crippen molar-refractivity contribution in [2.75, 3.05) is 18.1 Å². The fraction of sp³-hybridized carbons (Fsp3) is 0.304. The molecule has 0 bridgehead atoms. The molecule has 1 unspecified atom stereocenters. The third-order valence-corrected chi connectivity index (χ3v) is 5.27. The summed E-state index contributed by atoms with van der Waals surface area (Å²) in [6, 6.07) is 17.8. The Hall–Kier alpha value is -3.10. The van der Waals surface area contributed by atoms with E-state index in [1.807, 2.05) is 31.2 Å². The van der Waals surface area contributed by atoms with Gasteiger partial charge in [-0.2, -0.15) is 5.26 Å². The van der Waals surface area contributed by atoms with E-state index >= 15 is 0 Å². The van der Waals surface area contributed by atoms with Gasteiger partial charge >= 0.3 is 0 Å². The van der Waals surface area contributed by atoms with Crippen LogP contribution in [-0.4, -0.2) is 29.3 Å². The lowest BCUT2D eigenvalue weighted by molar-refractivity contribution is 0.266. The summed E-state index contributed by atoms with van der Waals surface area (Å²) >= 11 is 0. The number of nitriles is 1. The van der Waals surface area contributed by atoms with Crippen LogP contribution in [0.2, 0.25) is 0 Å². The minimum absolute atomic E-state index is 0.175. The van der Waals surface area contributed by atoms with E-state index in [4.69, 9.17) is 15.0 Å². The number of rotatable bonds is 5. The molecule has 28 heavy (non-hydrogen) atoms. The van der Waals surface area contributed by atoms with Gasteiger partial charge in [0, 0.05) is 29.4 Å². The van der Waals surface area contributed by atoms with Crippen molar-refractivity contribution in [1.29, 1.82) is 5.26 Å². The molecule has 1 N–H and O–H groups in total. The molecule has 1 aliphatic heterocycles. The van der Waals surface area contributed by atoms with Crippen molar-refractivity contribution in [2.24, 2.45) is 0 Å². The lowest BCUT2D eigenvalue weighted by Crippen LogP contribution is -2.32. The Morgan fingerprint density at radius 3 is 2.79 bits per heavy atom. The Kier molecular flexibility index (Phi) is 5.14. The Labute approximate surface area is 164 Å². The van der Waals surface area contributed by atoms with Crippen molar-refractivity contribution in [2.45, 2.75) is 32.4 Å². The first-order chi connectivity index (χ1) is 13.7. The second kappa shape index (κ2) is 7.87. The Bertz CT molecular complexity index is 1020. The number of aromatic nitrogens is 1. The van der Waals surface area contributed by atoms with Gasteiger partial charge in [0.25, 0.3) is 0 Å². The molecule has 5 heteroatoms. The normalized spacial score (nSPS) is 16.3. The zero-order valence-electron chi connectivity index (χ0n) is 15.9. The predicted molar refractivity (Wildman–Crippen MR) is 109 cm³/mol. The molecule has 2 aromatic carbocycles. The number of aryl methyl sites for hydroxylation is 1. The average Bonchev–Trinajstić information content (AvgIpc) is 3.20. The number of benzene rings is 2. The fourth-order valence-corrected chi connectivity index (χ4v) is 3.83. The summed E-state index contributed by atoms with van der Waals surface area (Å²) in [5, 5.41) is 19.7. The van der Waals surface area contributed by atoms with Crippen molar-refractivity contribution in [3.63, 3.8) is 0 Å². The molecule has 0 aliphatic carbocycles. The highest BCUT2D eigenvalue weighted by atomic mass is 16.5. The van der Waals surface area contributed by atoms with Gasteiger partial charge in [0.1, 0.15) is 12.4 Å². The van der Waals surface area contributed by atoms with Crippen LogP contribution in [0.25, 0.3) is 10.9 Å². The summed E-state index contributed by atoms with van der Waals surface area (Å²) in [4.78, 5) is 6.99. The van der Waals surface area contributed by atoms with Gasteiger partial charge < -0.3 is 14.7 Å². The van der Waals surface area contributed by atoms with Gasteiger partial charge in [-0.05, 0) is 55.7 Å². The summed E-state index contributed by atoms with van der Waals surface area (Å²) in [7, 11) is 0. The van der Waals surface area contributed by atoms with E-state index in [2.05, 4.69) is 23.1 Å². The summed E-state index contributed by atoms with van der Waals surface area (Å²) in [6.45, 7) is 3.57. The smallest absolute Gasteiger partial charge is 0.122 e. The molecule has 0 saturated carbocycles. The predicted octanol–water partition coefficient (Wildman–Crippen LogP) is 3.96. The molecule has 2 heterocycles. The topological polar surface area (TPSA) is 69.4 Å². The SMILES string of the molecule is Cc1cc(N2CCCC2CO)c2ccc(OCc3ccc(C#N)cc3)cc2n1. The number of fused-ring (bicyclic) bond motifs is 1. The summed E-state index contributed by atoms with van der Waals surface area (Å²) in [6.07, 6.45) is 2.12. The van der Waals surface area contributed by atoms with E-state index in [9.17, 15) is 5.11 Å². The summed E-state index contributed by atoms with van der Waals surface area (Å²) in [5.41, 5.74) is 4.65. The van der Waals surface area contributed by atoms with Crippen LogP contribution in [0.5, 0.6) is 5.75 Å². The number of nitrogens with zero attached hydrogens (tertiary/aromatic N) is 3. The zero-order chi connectivity index (χ0) is 19.5. The van der Waals surface area contributed by atoms with Crippen LogP contribution in [0, 0.1) is 18.3 Å². The van der Waals surface area contributed by atoms with Crippen molar-refractivity contribution in [1.82, 2.24) is 4.98 Å². The quantitative estimate of drug-likeness (QED) is 0.733. The first-order valence-corrected chi connectivity index (χ1v) is 9.58. The molecule has 142 valence electrons. The Balaban J connectivity index is 1.59. The third kappa shape index (κ3) is 3.64. The lowest BCUT2D eigenvalue weighted by Gasteiger charge is -2.27. The number of hydrogen-bond donors (Lipinski definition) is 1. The molecule has 0 spiro atoms. The van der Waals surface area contributed by atoms with E-state index in [1.165, 1.54) is 0 Å². The average molecular weight is 373 g/mol. The number of aliphatic hydroxyl groups excluding tert-OH is 1. The zero-order valence-corrected chi connectivity index (χ0v) is 15.9. The molecule has 1 saturated heterocycles. The van der Waals surface area contributed by atoms with E-state index < -0.39 is 0 Å². The molecule has 4 rings (SSSR count). The number of aliphatic hydroxyl groups is 1. The van der Waals surface area contributed by atoms with E-state index in [-0.39, 0.29) is 12.6 Å². The van der Waals surface area contributed by atoms with Crippen molar-refractivity contribution in [3.8, 4) is 11.8 Å². The first kappa shape index (κ1) is 18.3. The molecule has 1 atom stereocenters. The monoisotopic (exact) mass is 373 g/mol. The maximum Gasteiger partial charge on any atom is 0.122 e. The van der Waals surface area contributed by atoms with Crippen molar-refractivity contribution in [3.05, 3.63) is 65.4 Å². The van der Waals surface area contributed by atoms with Gasteiger partial charge in [-0.3, -0.25) is 4.98 Å². The first-order valence-electron chi connectivity index (χ1n) is 9.58. The molecule has 0 radical (unpaired) electrons. The maximum absolute atomic E-state index is 9.70. The second-order valence-electron chi connectivity index (χ2n) is 7.23. The molecule has 0 amide bonds. The fourth-order valence-electron chi connectivity index (χ4n) is 3.83. The Morgan fingerprint density at radius 1 is 1.21 bits per heavy atom. The number of pyridine rings is 1. The van der Waals surface area contributed by atoms with Crippen LogP contribution in [0.4, 0.5) is 5.69 Å². The van der Waals surface area contributed by atoms with Gasteiger partial charge in [0.05, 0.1) is 29.8 Å². The van der Waals surface area contributed by atoms with Crippen LogP contribution in [0.15, 0.2) is 48.5 Å². The number of hydrogen-bond acceptors (Lipinski definition) is 5. The van der Waals surface area contributed by atoms with Crippen LogP contribution in [-0.2, 0) is 6.61 Å². The van der Waals surface area contributed by atoms with Crippen LogP contribution >= 0.6 is 0 Å². The standard InChI is InChI=1S/C23H23N3O2/c1-16-11-23(26-10-2-3-19(26)14-27)21-9-8-20(12-22(21)25-16)28-15-18-6-4-17(13-24)5-7-18/h4-9,11-12,19,27H,2-3,10,14-15H2,1H3. The Morgan fingerprint density at radius 2 is 2.04 bits per heavy atom. The molecular formula is C23H23N3O2. The van der Waals surface area contributed by atoms with Crippen molar-refractivity contribution >= 4 is 16.6 Å². The van der Waals surface area contributed by atoms with Gasteiger partial charge in [-0.15, -0.1) is 0 Å². The highest BCUT2D eigenvalue weighted by molar-refractivity contribution is 5.93. The van der Waals surface area contributed by atoms with Gasteiger partial charge in [-0.25, -0.2) is 0 Å². The molecule has 1 fully saturated rings. The van der Waals surface area contributed by atoms with Gasteiger partial charge in [0.2, 0.25) is 0 Å². The second-order valence-corrected chi connectivity index (χ2v) is 7.23. The van der Waals surface area contributed by atoms with Crippen LogP contribution in [0.1, 0.15) is 29.7 Å². The third-order valence-electron chi connectivity index (χ3n) is 5.27. The molecule has 3 aromatic rings.